The Kier molecular flexibility index (Phi) is 15.8. The zero-order valence-corrected chi connectivity index (χ0v) is 20.3. The van der Waals surface area contributed by atoms with E-state index in [-0.39, 0.29) is 33.6 Å². The van der Waals surface area contributed by atoms with Crippen molar-refractivity contribution in [2.75, 3.05) is 13.1 Å². The molecule has 0 aliphatic carbocycles. The molecule has 0 spiro atoms. The minimum atomic E-state index is -0.239. The van der Waals surface area contributed by atoms with Gasteiger partial charge in [-0.3, -0.25) is 9.59 Å². The maximum Gasteiger partial charge on any atom is 0.242 e. The summed E-state index contributed by atoms with van der Waals surface area (Å²) < 4.78 is 1.47. The highest BCUT2D eigenvalue weighted by Gasteiger charge is 2.10. The van der Waals surface area contributed by atoms with Gasteiger partial charge in [0.1, 0.15) is 6.54 Å². The number of carbonyl (C=O) groups excluding carboxylic acids is 2. The van der Waals surface area contributed by atoms with E-state index in [9.17, 15) is 9.59 Å². The second-order valence-electron chi connectivity index (χ2n) is 8.37. The van der Waals surface area contributed by atoms with Gasteiger partial charge in [0.15, 0.2) is 5.78 Å². The number of aromatic nitrogens is 3. The average Bonchev–Trinajstić information content (AvgIpc) is 3.14. The highest BCUT2D eigenvalue weighted by molar-refractivity contribution is 5.87. The standard InChI is InChI=1S/C13H23N5O2.C7H8.C4H10.2H2/c1-4-5-14-6-11-8-18(17-16-11)9-13(20)15-7-12(19)10(2)3;1-7-5-3-2-4-6-7;1-4(2)3;;/h8,10,14H,4-7,9H2,1-3H3,(H,15,20);2-6H,1H3;4H,1-3H3;2*1H. The molecule has 0 saturated heterocycles. The minimum absolute atomic E-state index is 0. The molecule has 7 nitrogen and oxygen atoms in total. The fourth-order valence-corrected chi connectivity index (χ4v) is 2.02. The molecule has 2 rings (SSSR count). The molecule has 0 aliphatic heterocycles. The van der Waals surface area contributed by atoms with Gasteiger partial charge in [-0.2, -0.15) is 0 Å². The van der Waals surface area contributed by atoms with E-state index >= 15 is 0 Å². The van der Waals surface area contributed by atoms with E-state index in [1.54, 1.807) is 6.20 Å². The van der Waals surface area contributed by atoms with Crippen molar-refractivity contribution in [3.05, 3.63) is 47.8 Å². The normalized spacial score (nSPS) is 10.1. The number of aryl methyl sites for hydroxylation is 1. The van der Waals surface area contributed by atoms with Crippen molar-refractivity contribution in [1.29, 1.82) is 0 Å². The van der Waals surface area contributed by atoms with Crippen molar-refractivity contribution in [2.45, 2.75) is 68.0 Å². The van der Waals surface area contributed by atoms with Crippen LogP contribution in [0.25, 0.3) is 0 Å². The van der Waals surface area contributed by atoms with Gasteiger partial charge < -0.3 is 10.6 Å². The lowest BCUT2D eigenvalue weighted by atomic mass is 10.1. The lowest BCUT2D eigenvalue weighted by molar-refractivity contribution is -0.126. The first-order valence-electron chi connectivity index (χ1n) is 11.1. The molecule has 0 atom stereocenters. The van der Waals surface area contributed by atoms with Crippen LogP contribution >= 0.6 is 0 Å². The summed E-state index contributed by atoms with van der Waals surface area (Å²) in [6, 6.07) is 10.3. The summed E-state index contributed by atoms with van der Waals surface area (Å²) in [4.78, 5) is 23.0. The van der Waals surface area contributed by atoms with Gasteiger partial charge in [0.2, 0.25) is 5.91 Å². The largest absolute Gasteiger partial charge is 0.347 e. The van der Waals surface area contributed by atoms with Crippen LogP contribution in [-0.2, 0) is 22.7 Å². The van der Waals surface area contributed by atoms with Gasteiger partial charge >= 0.3 is 0 Å². The van der Waals surface area contributed by atoms with Crippen molar-refractivity contribution < 1.29 is 12.4 Å². The highest BCUT2D eigenvalue weighted by Crippen LogP contribution is 1.95. The highest BCUT2D eigenvalue weighted by atomic mass is 16.2. The molecule has 1 amide bonds. The van der Waals surface area contributed by atoms with E-state index in [2.05, 4.69) is 67.7 Å². The van der Waals surface area contributed by atoms with E-state index in [1.807, 2.05) is 32.0 Å². The topological polar surface area (TPSA) is 88.9 Å². The fraction of sp³-hybridized carbons (Fsp3) is 0.583. The van der Waals surface area contributed by atoms with E-state index < -0.39 is 0 Å². The monoisotopic (exact) mass is 435 g/mol. The number of carbonyl (C=O) groups is 2. The zero-order chi connectivity index (χ0) is 23.6. The summed E-state index contributed by atoms with van der Waals surface area (Å²) in [7, 11) is 0. The summed E-state index contributed by atoms with van der Waals surface area (Å²) in [5, 5.41) is 13.6. The van der Waals surface area contributed by atoms with Gasteiger partial charge in [-0.25, -0.2) is 4.68 Å². The van der Waals surface area contributed by atoms with Crippen LogP contribution in [0.1, 0.15) is 62.1 Å². The third-order valence-corrected chi connectivity index (χ3v) is 3.67. The maximum atomic E-state index is 11.6. The second-order valence-corrected chi connectivity index (χ2v) is 8.37. The summed E-state index contributed by atoms with van der Waals surface area (Å²) in [6.45, 7) is 16.0. The molecule has 0 bridgehead atoms. The van der Waals surface area contributed by atoms with Gasteiger partial charge in [-0.05, 0) is 25.8 Å². The molecule has 0 saturated carbocycles. The van der Waals surface area contributed by atoms with Gasteiger partial charge in [0, 0.05) is 15.3 Å². The smallest absolute Gasteiger partial charge is 0.242 e. The number of hydrogen-bond acceptors (Lipinski definition) is 5. The Morgan fingerprint density at radius 1 is 1.10 bits per heavy atom. The molecule has 178 valence electrons. The third kappa shape index (κ3) is 16.9. The number of Topliss-reactive ketones (excluding diaryl/α,β-unsaturated/α-hetero) is 1. The van der Waals surface area contributed by atoms with E-state index in [0.29, 0.717) is 6.54 Å². The quantitative estimate of drug-likeness (QED) is 0.574. The molecule has 2 aromatic rings. The Bertz CT molecular complexity index is 735. The molecular formula is C24H45N5O2. The number of nitrogens with one attached hydrogen (secondary N) is 2. The average molecular weight is 436 g/mol. The summed E-state index contributed by atoms with van der Waals surface area (Å²) in [6.07, 6.45) is 2.78. The molecule has 1 aromatic heterocycles. The molecule has 7 heteroatoms. The van der Waals surface area contributed by atoms with E-state index in [0.717, 1.165) is 24.6 Å². The van der Waals surface area contributed by atoms with Crippen LogP contribution < -0.4 is 10.6 Å². The SMILES string of the molecule is CC(C)C.CCCNCc1cn(CC(=O)NCC(=O)C(C)C)nn1.Cc1ccccc1.[HH].[HH]. The molecule has 1 aromatic carbocycles. The van der Waals surface area contributed by atoms with Gasteiger partial charge in [0.25, 0.3) is 0 Å². The first kappa shape index (κ1) is 28.5. The lowest BCUT2D eigenvalue weighted by Crippen LogP contribution is -2.34. The predicted molar refractivity (Wildman–Crippen MR) is 131 cm³/mol. The van der Waals surface area contributed by atoms with Crippen LogP contribution in [-0.4, -0.2) is 39.8 Å². The Morgan fingerprint density at radius 3 is 2.19 bits per heavy atom. The third-order valence-electron chi connectivity index (χ3n) is 3.67. The molecule has 1 heterocycles. The maximum absolute atomic E-state index is 11.6. The summed E-state index contributed by atoms with van der Waals surface area (Å²) >= 11 is 0. The van der Waals surface area contributed by atoms with Crippen LogP contribution in [0, 0.1) is 18.8 Å². The van der Waals surface area contributed by atoms with Crippen LogP contribution in [0.2, 0.25) is 0 Å². The van der Waals surface area contributed by atoms with Crippen LogP contribution in [0.3, 0.4) is 0 Å². The van der Waals surface area contributed by atoms with Crippen LogP contribution in [0.5, 0.6) is 0 Å². The van der Waals surface area contributed by atoms with Gasteiger partial charge in [-0.15, -0.1) is 5.10 Å². The molecule has 31 heavy (non-hydrogen) atoms. The molecule has 0 radical (unpaired) electrons. The number of benzene rings is 1. The number of hydrogen-bond donors (Lipinski definition) is 2. The fourth-order valence-electron chi connectivity index (χ4n) is 2.02. The lowest BCUT2D eigenvalue weighted by Gasteiger charge is -2.06. The molecule has 0 fully saturated rings. The predicted octanol–water partition coefficient (Wildman–Crippen LogP) is 4.27. The van der Waals surface area contributed by atoms with Gasteiger partial charge in [-0.1, -0.05) is 82.7 Å². The molecular weight excluding hydrogens is 390 g/mol. The van der Waals surface area contributed by atoms with Gasteiger partial charge in [0.05, 0.1) is 18.4 Å². The van der Waals surface area contributed by atoms with Crippen molar-refractivity contribution in [1.82, 2.24) is 25.6 Å². The summed E-state index contributed by atoms with van der Waals surface area (Å²) in [5.41, 5.74) is 2.12. The minimum Gasteiger partial charge on any atom is -0.347 e. The van der Waals surface area contributed by atoms with Crippen molar-refractivity contribution in [3.8, 4) is 0 Å². The zero-order valence-electron chi connectivity index (χ0n) is 20.3. The number of rotatable bonds is 9. The Labute approximate surface area is 191 Å². The van der Waals surface area contributed by atoms with Crippen molar-refractivity contribution in [2.24, 2.45) is 11.8 Å². The van der Waals surface area contributed by atoms with Crippen molar-refractivity contribution in [3.63, 3.8) is 0 Å². The second kappa shape index (κ2) is 17.2. The Hall–Kier alpha value is -2.54. The number of ketones is 1. The molecule has 0 unspecified atom stereocenters. The number of nitrogens with zero attached hydrogens (tertiary/aromatic N) is 3. The molecule has 2 N–H and O–H groups in total. The first-order valence-corrected chi connectivity index (χ1v) is 11.1. The summed E-state index contributed by atoms with van der Waals surface area (Å²) in [5.74, 6) is 0.538. The van der Waals surface area contributed by atoms with E-state index in [4.69, 9.17) is 0 Å². The Balaban J connectivity index is -0.000000573. The van der Waals surface area contributed by atoms with Crippen LogP contribution in [0.4, 0.5) is 0 Å². The van der Waals surface area contributed by atoms with E-state index in [1.165, 1.54) is 10.2 Å². The van der Waals surface area contributed by atoms with Crippen molar-refractivity contribution >= 4 is 11.7 Å². The number of amides is 1. The Morgan fingerprint density at radius 2 is 1.71 bits per heavy atom. The van der Waals surface area contributed by atoms with Crippen LogP contribution in [0.15, 0.2) is 36.5 Å². The first-order chi connectivity index (χ1) is 14.6. The molecule has 0 aliphatic rings.